The van der Waals surface area contributed by atoms with Crippen molar-refractivity contribution in [2.75, 3.05) is 38.9 Å². The van der Waals surface area contributed by atoms with Gasteiger partial charge in [-0.3, -0.25) is 9.69 Å². The van der Waals surface area contributed by atoms with Gasteiger partial charge in [0.05, 0.1) is 4.70 Å². The van der Waals surface area contributed by atoms with E-state index >= 15 is 0 Å². The highest BCUT2D eigenvalue weighted by Gasteiger charge is 2.19. The third kappa shape index (κ3) is 4.44. The molecule has 1 aliphatic heterocycles. The lowest BCUT2D eigenvalue weighted by molar-refractivity contribution is -0.114. The molecule has 0 fully saturated rings. The maximum absolute atomic E-state index is 14.1. The minimum absolute atomic E-state index is 0.203. The number of rotatable bonds is 7. The van der Waals surface area contributed by atoms with Crippen molar-refractivity contribution in [2.24, 2.45) is 0 Å². The molecule has 8 heteroatoms. The highest BCUT2D eigenvalue weighted by Crippen LogP contribution is 2.33. The van der Waals surface area contributed by atoms with Gasteiger partial charge in [-0.15, -0.1) is 0 Å². The van der Waals surface area contributed by atoms with E-state index < -0.39 is 0 Å². The molecule has 0 unspecified atom stereocenters. The minimum atomic E-state index is -0.383. The Balaban J connectivity index is 1.57. The fourth-order valence-electron chi connectivity index (χ4n) is 3.14. The van der Waals surface area contributed by atoms with E-state index in [1.54, 1.807) is 17.0 Å². The Hall–Kier alpha value is -2.97. The molecule has 2 heterocycles. The molecule has 30 heavy (non-hydrogen) atoms. The van der Waals surface area contributed by atoms with Crippen LogP contribution >= 0.6 is 11.3 Å². The fourth-order valence-corrected chi connectivity index (χ4v) is 4.15. The highest BCUT2D eigenvalue weighted by molar-refractivity contribution is 7.22. The van der Waals surface area contributed by atoms with Crippen LogP contribution in [-0.2, 0) is 4.79 Å². The van der Waals surface area contributed by atoms with Gasteiger partial charge in [-0.05, 0) is 63.0 Å². The number of aromatic nitrogens is 1. The van der Waals surface area contributed by atoms with E-state index in [1.165, 1.54) is 23.5 Å². The predicted molar refractivity (Wildman–Crippen MR) is 117 cm³/mol. The summed E-state index contributed by atoms with van der Waals surface area (Å²) >= 11 is 1.31. The van der Waals surface area contributed by atoms with Gasteiger partial charge >= 0.3 is 0 Å². The zero-order valence-electron chi connectivity index (χ0n) is 16.8. The van der Waals surface area contributed by atoms with Crippen molar-refractivity contribution >= 4 is 38.7 Å². The highest BCUT2D eigenvalue weighted by atomic mass is 32.1. The zero-order chi connectivity index (χ0) is 21.1. The van der Waals surface area contributed by atoms with Gasteiger partial charge in [0.2, 0.25) is 6.79 Å². The van der Waals surface area contributed by atoms with Crippen LogP contribution in [0.15, 0.2) is 42.5 Å². The van der Waals surface area contributed by atoms with E-state index in [9.17, 15) is 9.18 Å². The molecule has 0 radical (unpaired) electrons. The van der Waals surface area contributed by atoms with Crippen molar-refractivity contribution in [1.82, 2.24) is 9.88 Å². The summed E-state index contributed by atoms with van der Waals surface area (Å²) in [7, 11) is 3.97. The Bertz CT molecular complexity index is 1100. The van der Waals surface area contributed by atoms with E-state index in [0.717, 1.165) is 23.2 Å². The molecule has 0 saturated heterocycles. The number of amides is 1. The largest absolute Gasteiger partial charge is 0.454 e. The van der Waals surface area contributed by atoms with Crippen LogP contribution in [-0.4, -0.2) is 49.8 Å². The number of fused-ring (bicyclic) bond motifs is 2. The number of hydrogen-bond donors (Lipinski definition) is 0. The van der Waals surface area contributed by atoms with E-state index in [2.05, 4.69) is 9.88 Å². The first kappa shape index (κ1) is 20.3. The summed E-state index contributed by atoms with van der Waals surface area (Å²) in [5, 5.41) is 0.495. The molecule has 6 nitrogen and oxygen atoms in total. The molecule has 0 N–H and O–H groups in total. The molecule has 2 aromatic carbocycles. The first-order chi connectivity index (χ1) is 14.5. The number of carbonyl (C=O) groups is 1. The summed E-state index contributed by atoms with van der Waals surface area (Å²) < 4.78 is 25.5. The molecule has 156 valence electrons. The normalized spacial score (nSPS) is 12.9. The minimum Gasteiger partial charge on any atom is -0.454 e. The van der Waals surface area contributed by atoms with Crippen LogP contribution in [0.2, 0.25) is 0 Å². The molecule has 0 bridgehead atoms. The van der Waals surface area contributed by atoms with Crippen LogP contribution in [0.25, 0.3) is 16.3 Å². The number of anilines is 1. The van der Waals surface area contributed by atoms with Gasteiger partial charge in [0.1, 0.15) is 11.3 Å². The van der Waals surface area contributed by atoms with E-state index in [-0.39, 0.29) is 18.5 Å². The second kappa shape index (κ2) is 8.81. The first-order valence-electron chi connectivity index (χ1n) is 9.60. The van der Waals surface area contributed by atoms with Crippen LogP contribution in [0.1, 0.15) is 12.0 Å². The maximum Gasteiger partial charge on any atom is 0.252 e. The van der Waals surface area contributed by atoms with Gasteiger partial charge in [-0.25, -0.2) is 9.37 Å². The molecular weight excluding hydrogens is 405 g/mol. The van der Waals surface area contributed by atoms with Crippen LogP contribution in [0, 0.1) is 5.82 Å². The molecule has 1 aliphatic rings. The lowest BCUT2D eigenvalue weighted by atomic mass is 10.2. The van der Waals surface area contributed by atoms with E-state index in [0.29, 0.717) is 28.7 Å². The lowest BCUT2D eigenvalue weighted by Crippen LogP contribution is -2.32. The topological polar surface area (TPSA) is 54.9 Å². The predicted octanol–water partition coefficient (Wildman–Crippen LogP) is 4.16. The standard InChI is InChI=1S/C22H22FN3O3S/c1-25(2)11-4-12-26(22-24-21-16(23)5-3-6-19(21)30-22)20(27)10-8-15-7-9-17-18(13-15)29-14-28-17/h3,5-10,13H,4,11-12,14H2,1-2H3. The summed E-state index contributed by atoms with van der Waals surface area (Å²) in [6.45, 7) is 1.52. The van der Waals surface area contributed by atoms with Gasteiger partial charge < -0.3 is 14.4 Å². The van der Waals surface area contributed by atoms with Gasteiger partial charge in [-0.2, -0.15) is 0 Å². The monoisotopic (exact) mass is 427 g/mol. The van der Waals surface area contributed by atoms with Crippen LogP contribution in [0.4, 0.5) is 9.52 Å². The van der Waals surface area contributed by atoms with Crippen molar-refractivity contribution in [3.05, 3.63) is 53.9 Å². The molecule has 0 saturated carbocycles. The molecule has 0 aliphatic carbocycles. The van der Waals surface area contributed by atoms with E-state index in [4.69, 9.17) is 9.47 Å². The number of para-hydroxylation sites is 1. The van der Waals surface area contributed by atoms with E-state index in [1.807, 2.05) is 38.4 Å². The van der Waals surface area contributed by atoms with Crippen molar-refractivity contribution in [3.8, 4) is 11.5 Å². The number of nitrogens with zero attached hydrogens (tertiary/aromatic N) is 3. The smallest absolute Gasteiger partial charge is 0.252 e. The average molecular weight is 428 g/mol. The molecule has 3 aromatic rings. The summed E-state index contributed by atoms with van der Waals surface area (Å²) in [4.78, 5) is 21.1. The van der Waals surface area contributed by atoms with Gasteiger partial charge in [0.15, 0.2) is 16.6 Å². The number of halogens is 1. The number of hydrogen-bond acceptors (Lipinski definition) is 6. The molecule has 1 aromatic heterocycles. The third-order valence-electron chi connectivity index (χ3n) is 4.66. The Morgan fingerprint density at radius 1 is 1.20 bits per heavy atom. The molecule has 0 spiro atoms. The molecule has 1 amide bonds. The Morgan fingerprint density at radius 2 is 2.03 bits per heavy atom. The fraction of sp³-hybridized carbons (Fsp3) is 0.273. The molecule has 4 rings (SSSR count). The van der Waals surface area contributed by atoms with Crippen molar-refractivity contribution in [2.45, 2.75) is 6.42 Å². The number of thiazole rings is 1. The lowest BCUT2D eigenvalue weighted by Gasteiger charge is -2.19. The summed E-state index contributed by atoms with van der Waals surface area (Å²) in [5.41, 5.74) is 1.12. The first-order valence-corrected chi connectivity index (χ1v) is 10.4. The Labute approximate surface area is 178 Å². The number of carbonyl (C=O) groups excluding carboxylic acids is 1. The number of benzene rings is 2. The van der Waals surface area contributed by atoms with Crippen molar-refractivity contribution in [1.29, 1.82) is 0 Å². The second-order valence-corrected chi connectivity index (χ2v) is 8.18. The molecular formula is C22H22FN3O3S. The van der Waals surface area contributed by atoms with Crippen LogP contribution < -0.4 is 14.4 Å². The second-order valence-electron chi connectivity index (χ2n) is 7.18. The SMILES string of the molecule is CN(C)CCCN(C(=O)C=Cc1ccc2c(c1)OCO2)c1nc2c(F)cccc2s1. The Morgan fingerprint density at radius 3 is 2.83 bits per heavy atom. The van der Waals surface area contributed by atoms with Crippen LogP contribution in [0.3, 0.4) is 0 Å². The summed E-state index contributed by atoms with van der Waals surface area (Å²) in [6, 6.07) is 10.3. The summed E-state index contributed by atoms with van der Waals surface area (Å²) in [5.74, 6) is 0.770. The zero-order valence-corrected chi connectivity index (χ0v) is 17.6. The van der Waals surface area contributed by atoms with Gasteiger partial charge in [-0.1, -0.05) is 23.5 Å². The van der Waals surface area contributed by atoms with Gasteiger partial charge in [0.25, 0.3) is 5.91 Å². The van der Waals surface area contributed by atoms with Crippen LogP contribution in [0.5, 0.6) is 11.5 Å². The Kier molecular flexibility index (Phi) is 5.96. The number of ether oxygens (including phenoxy) is 2. The van der Waals surface area contributed by atoms with Crippen molar-refractivity contribution < 1.29 is 18.7 Å². The quantitative estimate of drug-likeness (QED) is 0.530. The van der Waals surface area contributed by atoms with Crippen molar-refractivity contribution in [3.63, 3.8) is 0 Å². The maximum atomic E-state index is 14.1. The average Bonchev–Trinajstić information content (AvgIpc) is 3.36. The molecule has 0 atom stereocenters. The third-order valence-corrected chi connectivity index (χ3v) is 5.70. The van der Waals surface area contributed by atoms with Gasteiger partial charge in [0, 0.05) is 12.6 Å². The summed E-state index contributed by atoms with van der Waals surface area (Å²) in [6.07, 6.45) is 4.02.